The highest BCUT2D eigenvalue weighted by atomic mass is 16.5. The molecule has 75 valence electrons. The van der Waals surface area contributed by atoms with E-state index in [1.54, 1.807) is 0 Å². The Morgan fingerprint density at radius 1 is 1.36 bits per heavy atom. The van der Waals surface area contributed by atoms with Crippen LogP contribution in [0, 0.1) is 6.07 Å². The standard InChI is InChI=1S/C13H17O/c1-2-3-4-5-9-12-14-13-10-7-6-8-11-13/h2,6-7,10-11H,1,3-5,9,12H2. The summed E-state index contributed by atoms with van der Waals surface area (Å²) in [5, 5.41) is 0. The normalized spacial score (nSPS) is 9.71. The minimum Gasteiger partial charge on any atom is -0.494 e. The van der Waals surface area contributed by atoms with Crippen LogP contribution < -0.4 is 4.74 Å². The molecule has 0 unspecified atom stereocenters. The molecule has 0 spiro atoms. The molecule has 1 aromatic rings. The van der Waals surface area contributed by atoms with Crippen LogP contribution in [0.4, 0.5) is 0 Å². The summed E-state index contributed by atoms with van der Waals surface area (Å²) in [6, 6.07) is 10.6. The topological polar surface area (TPSA) is 9.23 Å². The van der Waals surface area contributed by atoms with Gasteiger partial charge in [-0.15, -0.1) is 6.58 Å². The molecule has 1 aromatic carbocycles. The maximum atomic E-state index is 5.53. The summed E-state index contributed by atoms with van der Waals surface area (Å²) in [6.45, 7) is 4.49. The van der Waals surface area contributed by atoms with Gasteiger partial charge in [-0.2, -0.15) is 0 Å². The van der Waals surface area contributed by atoms with E-state index in [0.717, 1.165) is 25.2 Å². The maximum Gasteiger partial charge on any atom is 0.119 e. The van der Waals surface area contributed by atoms with Crippen molar-refractivity contribution in [1.29, 1.82) is 0 Å². The van der Waals surface area contributed by atoms with Crippen molar-refractivity contribution in [2.75, 3.05) is 6.61 Å². The highest BCUT2D eigenvalue weighted by Gasteiger charge is 1.91. The minimum atomic E-state index is 0.801. The quantitative estimate of drug-likeness (QED) is 0.470. The van der Waals surface area contributed by atoms with E-state index in [9.17, 15) is 0 Å². The number of hydrogen-bond acceptors (Lipinski definition) is 1. The Kier molecular flexibility index (Phi) is 5.57. The molecule has 0 aromatic heterocycles. The van der Waals surface area contributed by atoms with Crippen LogP contribution in [0.3, 0.4) is 0 Å². The van der Waals surface area contributed by atoms with E-state index in [1.165, 1.54) is 12.8 Å². The Hall–Kier alpha value is -1.24. The summed E-state index contributed by atoms with van der Waals surface area (Å²) < 4.78 is 5.53. The third kappa shape index (κ3) is 4.70. The average Bonchev–Trinajstić information content (AvgIpc) is 2.25. The third-order valence-corrected chi connectivity index (χ3v) is 2.00. The van der Waals surface area contributed by atoms with Gasteiger partial charge in [0.1, 0.15) is 5.75 Å². The SMILES string of the molecule is C=CCCCCCOc1c[c]ccc1. The van der Waals surface area contributed by atoms with Crippen molar-refractivity contribution in [2.24, 2.45) is 0 Å². The maximum absolute atomic E-state index is 5.53. The molecule has 1 rings (SSSR count). The lowest BCUT2D eigenvalue weighted by atomic mass is 10.2. The van der Waals surface area contributed by atoms with Crippen LogP contribution in [-0.4, -0.2) is 6.61 Å². The van der Waals surface area contributed by atoms with Crippen molar-refractivity contribution in [3.8, 4) is 5.75 Å². The molecule has 0 fully saturated rings. The van der Waals surface area contributed by atoms with E-state index in [2.05, 4.69) is 12.6 Å². The van der Waals surface area contributed by atoms with Gasteiger partial charge >= 0.3 is 0 Å². The van der Waals surface area contributed by atoms with E-state index >= 15 is 0 Å². The Balaban J connectivity index is 2.02. The number of unbranched alkanes of at least 4 members (excludes halogenated alkanes) is 3. The summed E-state index contributed by atoms with van der Waals surface area (Å²) in [4.78, 5) is 0. The molecule has 0 aliphatic heterocycles. The molecule has 0 heterocycles. The number of allylic oxidation sites excluding steroid dienone is 1. The van der Waals surface area contributed by atoms with Gasteiger partial charge in [-0.05, 0) is 43.9 Å². The van der Waals surface area contributed by atoms with Crippen LogP contribution in [0.2, 0.25) is 0 Å². The average molecular weight is 189 g/mol. The summed E-state index contributed by atoms with van der Waals surface area (Å²) >= 11 is 0. The zero-order valence-corrected chi connectivity index (χ0v) is 8.54. The first kappa shape index (κ1) is 10.8. The summed E-state index contributed by atoms with van der Waals surface area (Å²) in [6.07, 6.45) is 6.62. The molecule has 0 saturated heterocycles. The monoisotopic (exact) mass is 189 g/mol. The lowest BCUT2D eigenvalue weighted by Gasteiger charge is -2.04. The lowest BCUT2D eigenvalue weighted by molar-refractivity contribution is 0.305. The largest absolute Gasteiger partial charge is 0.494 e. The Morgan fingerprint density at radius 2 is 2.29 bits per heavy atom. The van der Waals surface area contributed by atoms with E-state index in [4.69, 9.17) is 4.74 Å². The van der Waals surface area contributed by atoms with E-state index in [1.807, 2.05) is 30.3 Å². The number of ether oxygens (including phenoxy) is 1. The van der Waals surface area contributed by atoms with Crippen molar-refractivity contribution >= 4 is 0 Å². The minimum absolute atomic E-state index is 0.801. The fourth-order valence-electron chi connectivity index (χ4n) is 1.22. The van der Waals surface area contributed by atoms with Gasteiger partial charge in [-0.25, -0.2) is 0 Å². The molecule has 14 heavy (non-hydrogen) atoms. The smallest absolute Gasteiger partial charge is 0.119 e. The van der Waals surface area contributed by atoms with Crippen LogP contribution in [-0.2, 0) is 0 Å². The number of benzene rings is 1. The third-order valence-electron chi connectivity index (χ3n) is 2.00. The number of hydrogen-bond donors (Lipinski definition) is 0. The van der Waals surface area contributed by atoms with Gasteiger partial charge in [0.05, 0.1) is 6.61 Å². The highest BCUT2D eigenvalue weighted by molar-refractivity contribution is 5.19. The van der Waals surface area contributed by atoms with Crippen LogP contribution in [0.25, 0.3) is 0 Å². The Labute approximate surface area is 86.4 Å². The first-order valence-corrected chi connectivity index (χ1v) is 5.13. The molecule has 1 heteroatoms. The van der Waals surface area contributed by atoms with Crippen LogP contribution in [0.15, 0.2) is 36.9 Å². The summed E-state index contributed by atoms with van der Waals surface area (Å²) in [7, 11) is 0. The molecule has 1 nitrogen and oxygen atoms in total. The van der Waals surface area contributed by atoms with Crippen molar-refractivity contribution in [3.63, 3.8) is 0 Å². The fraction of sp³-hybridized carbons (Fsp3) is 0.385. The van der Waals surface area contributed by atoms with E-state index in [-0.39, 0.29) is 0 Å². The second-order valence-electron chi connectivity index (χ2n) is 3.23. The molecule has 0 bridgehead atoms. The Bertz CT molecular complexity index is 241. The van der Waals surface area contributed by atoms with Gasteiger partial charge in [0.25, 0.3) is 0 Å². The van der Waals surface area contributed by atoms with Gasteiger partial charge < -0.3 is 4.74 Å². The highest BCUT2D eigenvalue weighted by Crippen LogP contribution is 2.09. The van der Waals surface area contributed by atoms with E-state index < -0.39 is 0 Å². The van der Waals surface area contributed by atoms with Crippen LogP contribution in [0.1, 0.15) is 25.7 Å². The molecular weight excluding hydrogens is 172 g/mol. The zero-order valence-electron chi connectivity index (χ0n) is 8.54. The molecule has 0 N–H and O–H groups in total. The van der Waals surface area contributed by atoms with Crippen molar-refractivity contribution in [1.82, 2.24) is 0 Å². The van der Waals surface area contributed by atoms with E-state index in [0.29, 0.717) is 0 Å². The second kappa shape index (κ2) is 7.19. The molecule has 0 amide bonds. The van der Waals surface area contributed by atoms with Crippen molar-refractivity contribution in [2.45, 2.75) is 25.7 Å². The van der Waals surface area contributed by atoms with Gasteiger partial charge in [0.15, 0.2) is 0 Å². The molecule has 0 saturated carbocycles. The first-order chi connectivity index (χ1) is 6.93. The molecule has 0 atom stereocenters. The fourth-order valence-corrected chi connectivity index (χ4v) is 1.22. The zero-order chi connectivity index (χ0) is 10.1. The predicted octanol–water partition coefficient (Wildman–Crippen LogP) is 3.61. The second-order valence-corrected chi connectivity index (χ2v) is 3.23. The molecule has 0 aliphatic carbocycles. The van der Waals surface area contributed by atoms with Crippen molar-refractivity contribution < 1.29 is 4.74 Å². The van der Waals surface area contributed by atoms with Crippen LogP contribution in [0.5, 0.6) is 5.75 Å². The first-order valence-electron chi connectivity index (χ1n) is 5.13. The molecule has 0 aliphatic rings. The van der Waals surface area contributed by atoms with Crippen molar-refractivity contribution in [3.05, 3.63) is 43.0 Å². The van der Waals surface area contributed by atoms with Gasteiger partial charge in [-0.1, -0.05) is 18.2 Å². The van der Waals surface area contributed by atoms with Crippen LogP contribution >= 0.6 is 0 Å². The van der Waals surface area contributed by atoms with Gasteiger partial charge in [-0.3, -0.25) is 0 Å². The summed E-state index contributed by atoms with van der Waals surface area (Å²) in [5.74, 6) is 0.913. The lowest BCUT2D eigenvalue weighted by Crippen LogP contribution is -1.96. The number of rotatable bonds is 7. The van der Waals surface area contributed by atoms with Gasteiger partial charge in [0, 0.05) is 0 Å². The predicted molar refractivity (Wildman–Crippen MR) is 59.4 cm³/mol. The summed E-state index contributed by atoms with van der Waals surface area (Å²) in [5.41, 5.74) is 0. The molecule has 1 radical (unpaired) electrons. The molecular formula is C13H17O. The van der Waals surface area contributed by atoms with Gasteiger partial charge in [0.2, 0.25) is 0 Å². The Morgan fingerprint density at radius 3 is 3.00 bits per heavy atom.